The minimum atomic E-state index is -1.18. The van der Waals surface area contributed by atoms with E-state index in [4.69, 9.17) is 20.9 Å². The maximum absolute atomic E-state index is 11.6. The van der Waals surface area contributed by atoms with Gasteiger partial charge in [-0.2, -0.15) is 0 Å². The average molecular weight is 266 g/mol. The Morgan fingerprint density at radius 2 is 1.89 bits per heavy atom. The van der Waals surface area contributed by atoms with Crippen LogP contribution in [-0.4, -0.2) is 32.8 Å². The van der Waals surface area contributed by atoms with Gasteiger partial charge in [0.25, 0.3) is 0 Å². The highest BCUT2D eigenvalue weighted by Crippen LogP contribution is 2.21. The molecule has 5 nitrogen and oxygen atoms in total. The molecule has 1 aromatic rings. The number of amides is 1. The zero-order chi connectivity index (χ0) is 14.1. The number of primary amides is 1. The molecule has 0 aliphatic rings. The number of rotatable bonds is 9. The summed E-state index contributed by atoms with van der Waals surface area (Å²) in [5.74, 6) is -0.542. The van der Waals surface area contributed by atoms with E-state index in [1.54, 1.807) is 19.2 Å². The van der Waals surface area contributed by atoms with Gasteiger partial charge >= 0.3 is 0 Å². The zero-order valence-corrected chi connectivity index (χ0v) is 11.3. The van der Waals surface area contributed by atoms with Crippen LogP contribution in [-0.2, 0) is 19.8 Å². The largest absolute Gasteiger partial charge is 0.385 e. The van der Waals surface area contributed by atoms with E-state index in [0.717, 1.165) is 6.42 Å². The molecule has 0 spiro atoms. The number of benzene rings is 1. The Labute approximate surface area is 113 Å². The third-order valence-corrected chi connectivity index (χ3v) is 3.01. The Bertz CT molecular complexity index is 384. The minimum absolute atomic E-state index is 0.360. The summed E-state index contributed by atoms with van der Waals surface area (Å²) in [4.78, 5) is 11.6. The van der Waals surface area contributed by atoms with E-state index in [2.05, 4.69) is 0 Å². The van der Waals surface area contributed by atoms with Crippen LogP contribution in [0.2, 0.25) is 0 Å². The van der Waals surface area contributed by atoms with Crippen LogP contribution < -0.4 is 11.5 Å². The summed E-state index contributed by atoms with van der Waals surface area (Å²) in [5, 5.41) is 0. The van der Waals surface area contributed by atoms with Gasteiger partial charge in [0, 0.05) is 33.4 Å². The van der Waals surface area contributed by atoms with Crippen molar-refractivity contribution in [3.63, 3.8) is 0 Å². The Balaban J connectivity index is 2.52. The number of ether oxygens (including phenoxy) is 2. The first kappa shape index (κ1) is 15.6. The molecule has 1 aromatic carbocycles. The molecule has 1 unspecified atom stereocenters. The van der Waals surface area contributed by atoms with E-state index in [1.165, 1.54) is 0 Å². The summed E-state index contributed by atoms with van der Waals surface area (Å²) in [6.45, 7) is 1.62. The lowest BCUT2D eigenvalue weighted by Crippen LogP contribution is -2.49. The first-order chi connectivity index (χ1) is 9.11. The van der Waals surface area contributed by atoms with Crippen molar-refractivity contribution in [1.82, 2.24) is 0 Å². The number of hydrogen-bond acceptors (Lipinski definition) is 4. The molecular formula is C14H22N2O3. The molecule has 0 aliphatic heterocycles. The zero-order valence-electron chi connectivity index (χ0n) is 11.3. The Morgan fingerprint density at radius 3 is 2.47 bits per heavy atom. The standard InChI is InChI=1S/C14H22N2O3/c1-18-9-5-10-19-11-8-14(16,13(15)17)12-6-3-2-4-7-12/h2-4,6-7H,5,8-11,16H2,1H3,(H2,15,17). The molecule has 0 fully saturated rings. The van der Waals surface area contributed by atoms with Gasteiger partial charge in [-0.25, -0.2) is 0 Å². The highest BCUT2D eigenvalue weighted by atomic mass is 16.5. The Kier molecular flexibility index (Phi) is 6.49. The average Bonchev–Trinajstić information content (AvgIpc) is 2.43. The van der Waals surface area contributed by atoms with Crippen molar-refractivity contribution in [3.05, 3.63) is 35.9 Å². The van der Waals surface area contributed by atoms with Crippen LogP contribution >= 0.6 is 0 Å². The summed E-state index contributed by atoms with van der Waals surface area (Å²) in [7, 11) is 1.65. The van der Waals surface area contributed by atoms with Crippen LogP contribution in [0.4, 0.5) is 0 Å². The highest BCUT2D eigenvalue weighted by Gasteiger charge is 2.33. The topological polar surface area (TPSA) is 87.6 Å². The minimum Gasteiger partial charge on any atom is -0.385 e. The van der Waals surface area contributed by atoms with E-state index in [0.29, 0.717) is 31.8 Å². The first-order valence-electron chi connectivity index (χ1n) is 6.32. The molecule has 5 heteroatoms. The molecule has 106 valence electrons. The predicted molar refractivity (Wildman–Crippen MR) is 73.4 cm³/mol. The summed E-state index contributed by atoms with van der Waals surface area (Å²) >= 11 is 0. The van der Waals surface area contributed by atoms with Gasteiger partial charge in [0.05, 0.1) is 0 Å². The quantitative estimate of drug-likeness (QED) is 0.646. The number of carbonyl (C=O) groups excluding carboxylic acids is 1. The van der Waals surface area contributed by atoms with Crippen LogP contribution in [0, 0.1) is 0 Å². The van der Waals surface area contributed by atoms with E-state index in [1.807, 2.05) is 18.2 Å². The number of carbonyl (C=O) groups is 1. The number of nitrogens with two attached hydrogens (primary N) is 2. The van der Waals surface area contributed by atoms with Crippen molar-refractivity contribution in [2.75, 3.05) is 26.9 Å². The van der Waals surface area contributed by atoms with Crippen molar-refractivity contribution in [1.29, 1.82) is 0 Å². The van der Waals surface area contributed by atoms with Gasteiger partial charge in [0.15, 0.2) is 0 Å². The Morgan fingerprint density at radius 1 is 1.21 bits per heavy atom. The van der Waals surface area contributed by atoms with Crippen LogP contribution in [0.3, 0.4) is 0 Å². The second-order valence-electron chi connectivity index (χ2n) is 4.41. The SMILES string of the molecule is COCCCOCCC(N)(C(N)=O)c1ccccc1. The van der Waals surface area contributed by atoms with Gasteiger partial charge in [-0.3, -0.25) is 4.79 Å². The van der Waals surface area contributed by atoms with Gasteiger partial charge in [0.1, 0.15) is 5.54 Å². The molecule has 0 saturated carbocycles. The van der Waals surface area contributed by atoms with Gasteiger partial charge in [-0.15, -0.1) is 0 Å². The smallest absolute Gasteiger partial charge is 0.242 e. The van der Waals surface area contributed by atoms with Crippen LogP contribution in [0.25, 0.3) is 0 Å². The number of methoxy groups -OCH3 is 1. The maximum atomic E-state index is 11.6. The summed E-state index contributed by atoms with van der Waals surface area (Å²) in [6, 6.07) is 9.14. The monoisotopic (exact) mass is 266 g/mol. The van der Waals surface area contributed by atoms with Crippen molar-refractivity contribution in [2.45, 2.75) is 18.4 Å². The van der Waals surface area contributed by atoms with Crippen molar-refractivity contribution in [3.8, 4) is 0 Å². The van der Waals surface area contributed by atoms with Crippen molar-refractivity contribution < 1.29 is 14.3 Å². The Hall–Kier alpha value is -1.43. The van der Waals surface area contributed by atoms with Gasteiger partial charge in [0.2, 0.25) is 5.91 Å². The van der Waals surface area contributed by atoms with Gasteiger partial charge in [-0.05, 0) is 12.0 Å². The van der Waals surface area contributed by atoms with Crippen LogP contribution in [0.5, 0.6) is 0 Å². The van der Waals surface area contributed by atoms with Crippen LogP contribution in [0.15, 0.2) is 30.3 Å². The predicted octanol–water partition coefficient (Wildman–Crippen LogP) is 0.769. The molecular weight excluding hydrogens is 244 g/mol. The molecule has 0 bridgehead atoms. The molecule has 4 N–H and O–H groups in total. The maximum Gasteiger partial charge on any atom is 0.242 e. The molecule has 1 atom stereocenters. The van der Waals surface area contributed by atoms with E-state index >= 15 is 0 Å². The summed E-state index contributed by atoms with van der Waals surface area (Å²) in [6.07, 6.45) is 1.18. The highest BCUT2D eigenvalue weighted by molar-refractivity contribution is 5.85. The molecule has 1 amide bonds. The normalized spacial score (nSPS) is 14.0. The summed E-state index contributed by atoms with van der Waals surface area (Å²) < 4.78 is 10.4. The molecule has 0 aliphatic carbocycles. The van der Waals surface area contributed by atoms with E-state index < -0.39 is 11.4 Å². The fourth-order valence-electron chi connectivity index (χ4n) is 1.79. The lowest BCUT2D eigenvalue weighted by Gasteiger charge is -2.26. The molecule has 19 heavy (non-hydrogen) atoms. The van der Waals surface area contributed by atoms with Crippen LogP contribution in [0.1, 0.15) is 18.4 Å². The van der Waals surface area contributed by atoms with Crippen molar-refractivity contribution >= 4 is 5.91 Å². The van der Waals surface area contributed by atoms with E-state index in [9.17, 15) is 4.79 Å². The fraction of sp³-hybridized carbons (Fsp3) is 0.500. The molecule has 1 rings (SSSR count). The van der Waals surface area contributed by atoms with E-state index in [-0.39, 0.29) is 0 Å². The molecule has 0 aromatic heterocycles. The van der Waals surface area contributed by atoms with Gasteiger partial charge in [-0.1, -0.05) is 30.3 Å². The molecule has 0 heterocycles. The fourth-order valence-corrected chi connectivity index (χ4v) is 1.79. The van der Waals surface area contributed by atoms with Gasteiger partial charge < -0.3 is 20.9 Å². The lowest BCUT2D eigenvalue weighted by atomic mass is 9.87. The summed E-state index contributed by atoms with van der Waals surface area (Å²) in [5.41, 5.74) is 11.1. The molecule has 0 saturated heterocycles. The molecule has 0 radical (unpaired) electrons. The first-order valence-corrected chi connectivity index (χ1v) is 6.32. The second-order valence-corrected chi connectivity index (χ2v) is 4.41. The third-order valence-electron chi connectivity index (χ3n) is 3.01. The third kappa shape index (κ3) is 4.63. The second kappa shape index (κ2) is 7.89. The van der Waals surface area contributed by atoms with Crippen molar-refractivity contribution in [2.24, 2.45) is 11.5 Å². The lowest BCUT2D eigenvalue weighted by molar-refractivity contribution is -0.124. The number of hydrogen-bond donors (Lipinski definition) is 2.